The molecular formula is C58H59F15O6. The average Bonchev–Trinajstić information content (AvgIpc) is 3.43. The number of allylic oxidation sites excluding steroid dienone is 1. The fraction of sp³-hybridized carbons (Fsp3) is 0.517. The molecule has 0 radical (unpaired) electrons. The summed E-state index contributed by atoms with van der Waals surface area (Å²) in [6, 6.07) is 11.5. The van der Waals surface area contributed by atoms with Crippen molar-refractivity contribution in [2.45, 2.75) is 159 Å². The standard InChI is InChI=1S/C32H26F10O2.C26H33F5O4/c1-2-3-4-5-17-12-24(34)29(25(35)13-17)20-14-26(36)28(27(37)15-20)19-8-6-18(7-9-19)22-11-10-21(16-23(22)33)44-30(43)31(38,39)32(40,41)42;1-2-15-3-5-16(6-4-15)19-13-33-24(34-14-19)18-11-21(27)23(22(28)12-18)17-7-9-20(10-8-17)35-25(32)26(29,30)31/h6-9,12-15,21H,2-5,10-11,16H2,1H3;11-12,15-17,19-20,24H,2-10,13-14H2,1H3. The highest BCUT2D eigenvalue weighted by Gasteiger charge is 2.65. The number of alkyl halides is 8. The van der Waals surface area contributed by atoms with Gasteiger partial charge in [-0.2, -0.15) is 35.1 Å². The summed E-state index contributed by atoms with van der Waals surface area (Å²) in [5, 5.41) is 0. The number of aryl methyl sites for hydroxylation is 1. The Bertz CT molecular complexity index is 2720. The minimum atomic E-state index is -6.16. The number of ether oxygens (including phenoxy) is 4. The Morgan fingerprint density at radius 2 is 1.10 bits per heavy atom. The van der Waals surface area contributed by atoms with Gasteiger partial charge in [-0.3, -0.25) is 0 Å². The molecule has 1 unspecified atom stereocenters. The third kappa shape index (κ3) is 14.9. The topological polar surface area (TPSA) is 71.1 Å². The number of unbranched alkanes of at least 4 members (excludes halogenated alkanes) is 2. The summed E-state index contributed by atoms with van der Waals surface area (Å²) < 4.78 is 226. The number of hydrogen-bond donors (Lipinski definition) is 0. The van der Waals surface area contributed by atoms with Crippen LogP contribution in [-0.4, -0.2) is 55.6 Å². The molecule has 3 aliphatic carbocycles. The summed E-state index contributed by atoms with van der Waals surface area (Å²) in [5.41, 5.74) is -0.500. The normalized spacial score (nSPS) is 23.2. The van der Waals surface area contributed by atoms with Gasteiger partial charge < -0.3 is 18.9 Å². The van der Waals surface area contributed by atoms with Crippen molar-refractivity contribution < 1.29 is 94.4 Å². The van der Waals surface area contributed by atoms with Crippen molar-refractivity contribution in [2.24, 2.45) is 17.8 Å². The quantitative estimate of drug-likeness (QED) is 0.0712. The summed E-state index contributed by atoms with van der Waals surface area (Å²) >= 11 is 0. The number of halogens is 15. The molecule has 79 heavy (non-hydrogen) atoms. The Morgan fingerprint density at radius 3 is 1.62 bits per heavy atom. The van der Waals surface area contributed by atoms with E-state index in [1.165, 1.54) is 55.7 Å². The molecule has 6 nitrogen and oxygen atoms in total. The smallest absolute Gasteiger partial charge is 0.457 e. The molecule has 3 fully saturated rings. The summed E-state index contributed by atoms with van der Waals surface area (Å²) in [7, 11) is 0. The lowest BCUT2D eigenvalue weighted by molar-refractivity contribution is -0.282. The van der Waals surface area contributed by atoms with E-state index in [1.807, 2.05) is 6.92 Å². The monoisotopic (exact) mass is 1140 g/mol. The van der Waals surface area contributed by atoms with Gasteiger partial charge in [0.1, 0.15) is 52.9 Å². The molecule has 1 heterocycles. The lowest BCUT2D eigenvalue weighted by Gasteiger charge is -2.37. The molecular weight excluding hydrogens is 1080 g/mol. The van der Waals surface area contributed by atoms with Crippen molar-refractivity contribution in [3.63, 3.8) is 0 Å². The molecule has 432 valence electrons. The van der Waals surface area contributed by atoms with E-state index in [9.17, 15) is 66.7 Å². The summed E-state index contributed by atoms with van der Waals surface area (Å²) in [6.07, 6.45) is -6.00. The molecule has 0 amide bonds. The van der Waals surface area contributed by atoms with Crippen LogP contribution >= 0.6 is 0 Å². The van der Waals surface area contributed by atoms with Crippen LogP contribution in [0.2, 0.25) is 0 Å². The van der Waals surface area contributed by atoms with Crippen molar-refractivity contribution in [3.8, 4) is 22.3 Å². The van der Waals surface area contributed by atoms with Gasteiger partial charge in [0.25, 0.3) is 0 Å². The van der Waals surface area contributed by atoms with E-state index in [4.69, 9.17) is 9.47 Å². The third-order valence-electron chi connectivity index (χ3n) is 15.4. The van der Waals surface area contributed by atoms with Crippen LogP contribution in [0.5, 0.6) is 0 Å². The minimum absolute atomic E-state index is 0.0144. The minimum Gasteiger partial charge on any atom is -0.457 e. The summed E-state index contributed by atoms with van der Waals surface area (Å²) in [5.74, 6) is -16.1. The van der Waals surface area contributed by atoms with E-state index in [0.29, 0.717) is 37.0 Å². The zero-order valence-electron chi connectivity index (χ0n) is 43.2. The van der Waals surface area contributed by atoms with Crippen LogP contribution in [0.1, 0.15) is 145 Å². The molecule has 0 bridgehead atoms. The average molecular weight is 1140 g/mol. The van der Waals surface area contributed by atoms with Crippen molar-refractivity contribution in [1.82, 2.24) is 0 Å². The van der Waals surface area contributed by atoms with Crippen molar-refractivity contribution in [2.75, 3.05) is 13.2 Å². The van der Waals surface area contributed by atoms with E-state index in [-0.39, 0.29) is 71.9 Å². The number of carbonyl (C=O) groups excluding carboxylic acids is 2. The van der Waals surface area contributed by atoms with Crippen LogP contribution in [-0.2, 0) is 35.0 Å². The number of hydrogen-bond acceptors (Lipinski definition) is 6. The van der Waals surface area contributed by atoms with Crippen LogP contribution in [0, 0.1) is 52.7 Å². The van der Waals surface area contributed by atoms with Gasteiger partial charge in [0.2, 0.25) is 0 Å². The number of carbonyl (C=O) groups is 2. The predicted octanol–water partition coefficient (Wildman–Crippen LogP) is 17.3. The Hall–Kier alpha value is -5.57. The largest absolute Gasteiger partial charge is 0.490 e. The van der Waals surface area contributed by atoms with Gasteiger partial charge in [0.05, 0.1) is 24.3 Å². The Morgan fingerprint density at radius 1 is 0.570 bits per heavy atom. The van der Waals surface area contributed by atoms with E-state index in [2.05, 4.69) is 16.4 Å². The van der Waals surface area contributed by atoms with Gasteiger partial charge in [-0.25, -0.2) is 40.3 Å². The lowest BCUT2D eigenvalue weighted by atomic mass is 9.75. The first-order valence-electron chi connectivity index (χ1n) is 26.4. The van der Waals surface area contributed by atoms with Crippen LogP contribution in [0.15, 0.2) is 66.5 Å². The highest BCUT2D eigenvalue weighted by molar-refractivity contribution is 5.79. The first kappa shape index (κ1) is 61.1. The molecule has 0 aromatic heterocycles. The van der Waals surface area contributed by atoms with Crippen LogP contribution < -0.4 is 0 Å². The Kier molecular flexibility index (Phi) is 20.0. The molecule has 1 saturated heterocycles. The maximum Gasteiger partial charge on any atom is 0.490 e. The number of benzene rings is 4. The molecule has 0 N–H and O–H groups in total. The molecule has 1 aliphatic heterocycles. The van der Waals surface area contributed by atoms with Crippen molar-refractivity contribution in [1.29, 1.82) is 0 Å². The number of esters is 2. The zero-order chi connectivity index (χ0) is 57.6. The summed E-state index contributed by atoms with van der Waals surface area (Å²) in [6.45, 7) is 5.21. The zero-order valence-corrected chi connectivity index (χ0v) is 43.2. The first-order valence-corrected chi connectivity index (χ1v) is 26.4. The molecule has 0 spiro atoms. The lowest BCUT2D eigenvalue weighted by Crippen LogP contribution is -2.46. The van der Waals surface area contributed by atoms with E-state index in [1.54, 1.807) is 0 Å². The van der Waals surface area contributed by atoms with Gasteiger partial charge in [0, 0.05) is 23.5 Å². The van der Waals surface area contributed by atoms with E-state index >= 15 is 8.78 Å². The Labute approximate surface area is 447 Å². The Balaban J connectivity index is 0.000000234. The maximum absolute atomic E-state index is 15.1. The second-order valence-electron chi connectivity index (χ2n) is 20.7. The molecule has 2 saturated carbocycles. The van der Waals surface area contributed by atoms with Crippen molar-refractivity contribution in [3.05, 3.63) is 124 Å². The van der Waals surface area contributed by atoms with Crippen LogP contribution in [0.3, 0.4) is 0 Å². The predicted molar refractivity (Wildman–Crippen MR) is 261 cm³/mol. The van der Waals surface area contributed by atoms with Gasteiger partial charge in [-0.05, 0) is 146 Å². The number of rotatable bonds is 14. The second-order valence-corrected chi connectivity index (χ2v) is 20.7. The fourth-order valence-corrected chi connectivity index (χ4v) is 10.9. The van der Waals surface area contributed by atoms with Crippen LogP contribution in [0.4, 0.5) is 65.9 Å². The maximum atomic E-state index is 15.1. The third-order valence-corrected chi connectivity index (χ3v) is 15.4. The summed E-state index contributed by atoms with van der Waals surface area (Å²) in [4.78, 5) is 22.4. The fourth-order valence-electron chi connectivity index (χ4n) is 10.9. The SMILES string of the molecule is CCC1CCC(C2COC(c3cc(F)c(C4CCC(OC(=O)C(F)(F)F)CC4)c(F)c3)OC2)CC1.CCCCCc1cc(F)c(-c2cc(F)c(-c3ccc(C4=C(F)CC(OC(=O)C(F)(F)C(F)(F)F)CC4)cc3)c(F)c2)c(F)c1. The van der Waals surface area contributed by atoms with E-state index < -0.39 is 113 Å². The second kappa shape index (κ2) is 25.9. The molecule has 8 rings (SSSR count). The van der Waals surface area contributed by atoms with E-state index in [0.717, 1.165) is 62.3 Å². The van der Waals surface area contributed by atoms with Crippen LogP contribution in [0.25, 0.3) is 27.8 Å². The highest BCUT2D eigenvalue weighted by atomic mass is 19.4. The van der Waals surface area contributed by atoms with Crippen molar-refractivity contribution >= 4 is 17.5 Å². The highest BCUT2D eigenvalue weighted by Crippen LogP contribution is 2.43. The molecule has 4 aliphatic rings. The van der Waals surface area contributed by atoms with Gasteiger partial charge >= 0.3 is 30.2 Å². The van der Waals surface area contributed by atoms with Gasteiger partial charge in [-0.15, -0.1) is 0 Å². The van der Waals surface area contributed by atoms with Gasteiger partial charge in [-0.1, -0.05) is 70.2 Å². The van der Waals surface area contributed by atoms with Gasteiger partial charge in [0.15, 0.2) is 6.29 Å². The molecule has 21 heteroatoms. The molecule has 4 aromatic carbocycles. The molecule has 4 aromatic rings. The molecule has 1 atom stereocenters. The first-order chi connectivity index (χ1) is 37.3.